The maximum Gasteiger partial charge on any atom is 0.145 e. The van der Waals surface area contributed by atoms with Crippen molar-refractivity contribution in [2.75, 3.05) is 12.3 Å². The van der Waals surface area contributed by atoms with Crippen LogP contribution < -0.4 is 10.5 Å². The number of halogens is 2. The second-order valence-electron chi connectivity index (χ2n) is 2.61. The number of anilines is 1. The van der Waals surface area contributed by atoms with Gasteiger partial charge in [-0.3, -0.25) is 0 Å². The van der Waals surface area contributed by atoms with Crippen LogP contribution in [0.4, 0.5) is 10.1 Å². The summed E-state index contributed by atoms with van der Waals surface area (Å²) in [6, 6.07) is 2.45. The summed E-state index contributed by atoms with van der Waals surface area (Å²) in [5, 5.41) is -0.0215. The van der Waals surface area contributed by atoms with Crippen LogP contribution in [0.15, 0.2) is 12.1 Å². The number of benzene rings is 1. The number of hydrogen-bond donors (Lipinski definition) is 1. The zero-order valence-corrected chi connectivity index (χ0v) is 8.14. The molecule has 0 aliphatic heterocycles. The van der Waals surface area contributed by atoms with Crippen molar-refractivity contribution in [3.8, 4) is 18.1 Å². The van der Waals surface area contributed by atoms with Crippen molar-refractivity contribution in [1.29, 1.82) is 0 Å². The molecule has 0 aliphatic rings. The second kappa shape index (κ2) is 4.73. The molecule has 1 aromatic carbocycles. The third-order valence-corrected chi connectivity index (χ3v) is 1.85. The van der Waals surface area contributed by atoms with Crippen molar-refractivity contribution in [3.63, 3.8) is 0 Å². The van der Waals surface area contributed by atoms with Crippen LogP contribution in [0.2, 0.25) is 5.02 Å². The predicted octanol–water partition coefficient (Wildman–Crippen LogP) is 2.46. The molecule has 74 valence electrons. The summed E-state index contributed by atoms with van der Waals surface area (Å²) >= 11 is 5.50. The van der Waals surface area contributed by atoms with E-state index in [1.807, 2.05) is 0 Å². The first-order valence-corrected chi connectivity index (χ1v) is 4.33. The summed E-state index contributed by atoms with van der Waals surface area (Å²) in [4.78, 5) is 0. The van der Waals surface area contributed by atoms with Gasteiger partial charge in [0.1, 0.15) is 11.6 Å². The monoisotopic (exact) mass is 213 g/mol. The van der Waals surface area contributed by atoms with E-state index in [-0.39, 0.29) is 10.8 Å². The van der Waals surface area contributed by atoms with E-state index < -0.39 is 5.82 Å². The predicted molar refractivity (Wildman–Crippen MR) is 54.8 cm³/mol. The highest BCUT2D eigenvalue weighted by Gasteiger charge is 2.06. The fourth-order valence-electron chi connectivity index (χ4n) is 0.889. The maximum absolute atomic E-state index is 13.0. The van der Waals surface area contributed by atoms with Crippen LogP contribution in [0.25, 0.3) is 0 Å². The maximum atomic E-state index is 13.0. The molecule has 0 fully saturated rings. The Morgan fingerprint density at radius 3 is 2.93 bits per heavy atom. The summed E-state index contributed by atoms with van der Waals surface area (Å²) in [7, 11) is 0. The minimum atomic E-state index is -0.559. The molecule has 14 heavy (non-hydrogen) atoms. The van der Waals surface area contributed by atoms with Crippen LogP contribution in [-0.4, -0.2) is 6.61 Å². The highest BCUT2D eigenvalue weighted by Crippen LogP contribution is 2.27. The lowest BCUT2D eigenvalue weighted by Crippen LogP contribution is -2.00. The molecule has 0 spiro atoms. The van der Waals surface area contributed by atoms with Gasteiger partial charge in [0.15, 0.2) is 0 Å². The molecule has 0 saturated carbocycles. The van der Waals surface area contributed by atoms with Crippen molar-refractivity contribution in [2.45, 2.75) is 6.42 Å². The molecule has 1 rings (SSSR count). The van der Waals surface area contributed by atoms with E-state index in [9.17, 15) is 4.39 Å². The van der Waals surface area contributed by atoms with Crippen molar-refractivity contribution in [2.24, 2.45) is 0 Å². The smallest absolute Gasteiger partial charge is 0.145 e. The van der Waals surface area contributed by atoms with Gasteiger partial charge in [-0.05, 0) is 6.07 Å². The molecule has 0 saturated heterocycles. The molecule has 0 amide bonds. The Bertz CT molecular complexity index is 373. The molecular weight excluding hydrogens is 205 g/mol. The Labute approximate surface area is 86.8 Å². The number of nitrogens with two attached hydrogens (primary N) is 1. The Kier molecular flexibility index (Phi) is 3.61. The summed E-state index contributed by atoms with van der Waals surface area (Å²) in [6.45, 7) is 0.307. The Balaban J connectivity index is 2.78. The van der Waals surface area contributed by atoms with Gasteiger partial charge in [0.25, 0.3) is 0 Å². The Morgan fingerprint density at radius 2 is 2.29 bits per heavy atom. The fraction of sp³-hybridized carbons (Fsp3) is 0.200. The number of hydrogen-bond acceptors (Lipinski definition) is 2. The molecule has 1 aromatic rings. The molecule has 0 aliphatic carbocycles. The highest BCUT2D eigenvalue weighted by molar-refractivity contribution is 6.31. The molecule has 0 unspecified atom stereocenters. The molecule has 2 N–H and O–H groups in total. The average molecular weight is 214 g/mol. The topological polar surface area (TPSA) is 35.2 Å². The molecule has 0 heterocycles. The van der Waals surface area contributed by atoms with Gasteiger partial charge in [-0.2, -0.15) is 0 Å². The van der Waals surface area contributed by atoms with E-state index in [4.69, 9.17) is 28.5 Å². The molecule has 0 bridgehead atoms. The van der Waals surface area contributed by atoms with Crippen LogP contribution >= 0.6 is 11.6 Å². The quantitative estimate of drug-likeness (QED) is 0.476. The molecule has 4 heteroatoms. The Hall–Kier alpha value is -1.40. The van der Waals surface area contributed by atoms with Gasteiger partial charge in [-0.15, -0.1) is 12.3 Å². The standard InChI is InChI=1S/C10H9ClFNO/c1-2-3-4-14-10-6-8(12)7(11)5-9(10)13/h1,5-6H,3-4,13H2. The van der Waals surface area contributed by atoms with Crippen molar-refractivity contribution in [3.05, 3.63) is 23.0 Å². The number of terminal acetylenes is 1. The van der Waals surface area contributed by atoms with Crippen molar-refractivity contribution >= 4 is 17.3 Å². The van der Waals surface area contributed by atoms with Crippen LogP contribution in [0.1, 0.15) is 6.42 Å². The van der Waals surface area contributed by atoms with Crippen molar-refractivity contribution in [1.82, 2.24) is 0 Å². The van der Waals surface area contributed by atoms with Crippen molar-refractivity contribution < 1.29 is 9.13 Å². The van der Waals surface area contributed by atoms with Crippen LogP contribution in [0.3, 0.4) is 0 Å². The SMILES string of the molecule is C#CCCOc1cc(F)c(Cl)cc1N. The van der Waals surface area contributed by atoms with E-state index in [0.717, 1.165) is 6.07 Å². The molecule has 0 atom stereocenters. The van der Waals surface area contributed by atoms with Gasteiger partial charge in [-0.25, -0.2) is 4.39 Å². The van der Waals surface area contributed by atoms with E-state index >= 15 is 0 Å². The lowest BCUT2D eigenvalue weighted by Gasteiger charge is -2.07. The third-order valence-electron chi connectivity index (χ3n) is 1.56. The van der Waals surface area contributed by atoms with Gasteiger partial charge in [0.2, 0.25) is 0 Å². The fourth-order valence-corrected chi connectivity index (χ4v) is 1.06. The largest absolute Gasteiger partial charge is 0.490 e. The van der Waals surface area contributed by atoms with Gasteiger partial charge in [-0.1, -0.05) is 11.6 Å². The normalized spacial score (nSPS) is 9.50. The van der Waals surface area contributed by atoms with E-state index in [1.165, 1.54) is 6.07 Å². The molecule has 0 aromatic heterocycles. The Morgan fingerprint density at radius 1 is 1.57 bits per heavy atom. The van der Waals surface area contributed by atoms with Gasteiger partial charge < -0.3 is 10.5 Å². The number of rotatable bonds is 3. The highest BCUT2D eigenvalue weighted by atomic mass is 35.5. The summed E-state index contributed by atoms with van der Waals surface area (Å²) < 4.78 is 18.1. The molecular formula is C10H9ClFNO. The second-order valence-corrected chi connectivity index (χ2v) is 3.01. The minimum absolute atomic E-state index is 0.0215. The van der Waals surface area contributed by atoms with E-state index in [2.05, 4.69) is 5.92 Å². The number of ether oxygens (including phenoxy) is 1. The zero-order valence-electron chi connectivity index (χ0n) is 7.39. The average Bonchev–Trinajstić information content (AvgIpc) is 2.14. The van der Waals surface area contributed by atoms with Gasteiger partial charge >= 0.3 is 0 Å². The lowest BCUT2D eigenvalue weighted by atomic mass is 10.3. The first-order valence-electron chi connectivity index (χ1n) is 3.96. The van der Waals surface area contributed by atoms with E-state index in [0.29, 0.717) is 18.7 Å². The van der Waals surface area contributed by atoms with Gasteiger partial charge in [0.05, 0.1) is 17.3 Å². The zero-order chi connectivity index (χ0) is 10.6. The van der Waals surface area contributed by atoms with Crippen LogP contribution in [0, 0.1) is 18.2 Å². The van der Waals surface area contributed by atoms with E-state index in [1.54, 1.807) is 0 Å². The summed E-state index contributed by atoms with van der Waals surface area (Å²) in [6.07, 6.45) is 5.48. The number of nitrogen functional groups attached to an aromatic ring is 1. The van der Waals surface area contributed by atoms with Crippen LogP contribution in [-0.2, 0) is 0 Å². The minimum Gasteiger partial charge on any atom is -0.490 e. The molecule has 2 nitrogen and oxygen atoms in total. The lowest BCUT2D eigenvalue weighted by molar-refractivity contribution is 0.327. The summed E-state index contributed by atoms with van der Waals surface area (Å²) in [5.74, 6) is 2.10. The molecule has 0 radical (unpaired) electrons. The summed E-state index contributed by atoms with van der Waals surface area (Å²) in [5.41, 5.74) is 5.84. The first-order chi connectivity index (χ1) is 6.65. The first kappa shape index (κ1) is 10.7. The van der Waals surface area contributed by atoms with Crippen LogP contribution in [0.5, 0.6) is 5.75 Å². The van der Waals surface area contributed by atoms with Gasteiger partial charge in [0, 0.05) is 12.5 Å². The third kappa shape index (κ3) is 2.54.